The van der Waals surface area contributed by atoms with Crippen molar-refractivity contribution in [1.29, 1.82) is 0 Å². The number of halogens is 3. The second-order valence-electron chi connectivity index (χ2n) is 4.83. The van der Waals surface area contributed by atoms with Gasteiger partial charge in [0, 0.05) is 28.5 Å². The van der Waals surface area contributed by atoms with E-state index >= 15 is 0 Å². The van der Waals surface area contributed by atoms with E-state index in [2.05, 4.69) is 0 Å². The van der Waals surface area contributed by atoms with E-state index in [4.69, 9.17) is 0 Å². The standard InChI is InChI=1S/C16H14F3NS/c1-2-20-12-6-4-3-5-7-14(12)21-15-9-8-11(10-13(15)20)16(17,18)19/h3-5,7-10H,2,6H2,1H3. The SMILES string of the molecule is CCN1C2=C(C=CC=CC2)Sc2ccc(C(F)(F)F)cc21. The zero-order valence-corrected chi connectivity index (χ0v) is 12.3. The lowest BCUT2D eigenvalue weighted by Gasteiger charge is -2.33. The van der Waals surface area contributed by atoms with Gasteiger partial charge in [-0.2, -0.15) is 13.2 Å². The van der Waals surface area contributed by atoms with Crippen LogP contribution in [0.3, 0.4) is 0 Å². The van der Waals surface area contributed by atoms with E-state index in [9.17, 15) is 13.2 Å². The lowest BCUT2D eigenvalue weighted by atomic mass is 10.1. The number of nitrogens with zero attached hydrogens (tertiary/aromatic N) is 1. The van der Waals surface area contributed by atoms with Crippen LogP contribution in [0.15, 0.2) is 58.0 Å². The Bertz CT molecular complexity index is 656. The molecule has 1 aliphatic heterocycles. The van der Waals surface area contributed by atoms with E-state index in [1.54, 1.807) is 6.07 Å². The maximum Gasteiger partial charge on any atom is 0.416 e. The Morgan fingerprint density at radius 3 is 2.76 bits per heavy atom. The van der Waals surface area contributed by atoms with Crippen LogP contribution in [0, 0.1) is 0 Å². The van der Waals surface area contributed by atoms with Gasteiger partial charge in [0.15, 0.2) is 0 Å². The fourth-order valence-electron chi connectivity index (χ4n) is 2.55. The van der Waals surface area contributed by atoms with Gasteiger partial charge < -0.3 is 4.90 Å². The fourth-order valence-corrected chi connectivity index (χ4v) is 3.65. The minimum atomic E-state index is -4.31. The van der Waals surface area contributed by atoms with Crippen molar-refractivity contribution in [2.24, 2.45) is 0 Å². The van der Waals surface area contributed by atoms with Gasteiger partial charge in [0.2, 0.25) is 0 Å². The molecule has 0 saturated heterocycles. The van der Waals surface area contributed by atoms with Crippen molar-refractivity contribution in [3.8, 4) is 0 Å². The minimum absolute atomic E-state index is 0.593. The van der Waals surface area contributed by atoms with E-state index in [0.717, 1.165) is 28.0 Å². The van der Waals surface area contributed by atoms with E-state index < -0.39 is 11.7 Å². The van der Waals surface area contributed by atoms with Gasteiger partial charge in [0.05, 0.1) is 11.3 Å². The first-order valence-corrected chi connectivity index (χ1v) is 7.55. The molecule has 2 aliphatic rings. The van der Waals surface area contributed by atoms with Crippen molar-refractivity contribution in [3.05, 3.63) is 58.7 Å². The van der Waals surface area contributed by atoms with Crippen LogP contribution < -0.4 is 4.90 Å². The van der Waals surface area contributed by atoms with Gasteiger partial charge in [-0.25, -0.2) is 0 Å². The molecule has 1 aliphatic carbocycles. The maximum atomic E-state index is 12.9. The van der Waals surface area contributed by atoms with E-state index in [-0.39, 0.29) is 0 Å². The van der Waals surface area contributed by atoms with Crippen LogP contribution in [-0.4, -0.2) is 6.54 Å². The van der Waals surface area contributed by atoms with Crippen LogP contribution in [0.25, 0.3) is 0 Å². The molecular weight excluding hydrogens is 295 g/mol. The zero-order chi connectivity index (χ0) is 15.0. The Morgan fingerprint density at radius 2 is 2.05 bits per heavy atom. The maximum absolute atomic E-state index is 12.9. The van der Waals surface area contributed by atoms with Gasteiger partial charge in [-0.1, -0.05) is 30.0 Å². The molecule has 0 spiro atoms. The predicted octanol–water partition coefficient (Wildman–Crippen LogP) is 5.37. The summed E-state index contributed by atoms with van der Waals surface area (Å²) in [5, 5.41) is 0. The first kappa shape index (κ1) is 14.3. The molecule has 1 aromatic rings. The summed E-state index contributed by atoms with van der Waals surface area (Å²) >= 11 is 1.54. The highest BCUT2D eigenvalue weighted by Crippen LogP contribution is 2.47. The average Bonchev–Trinajstić information content (AvgIpc) is 2.68. The lowest BCUT2D eigenvalue weighted by molar-refractivity contribution is -0.137. The molecule has 21 heavy (non-hydrogen) atoms. The largest absolute Gasteiger partial charge is 0.416 e. The van der Waals surface area contributed by atoms with Gasteiger partial charge in [-0.3, -0.25) is 0 Å². The third-order valence-corrected chi connectivity index (χ3v) is 4.69. The first-order chi connectivity index (χ1) is 10.0. The molecule has 0 atom stereocenters. The van der Waals surface area contributed by atoms with Crippen molar-refractivity contribution >= 4 is 17.4 Å². The second-order valence-corrected chi connectivity index (χ2v) is 5.91. The molecule has 1 heterocycles. The summed E-state index contributed by atoms with van der Waals surface area (Å²) in [6, 6.07) is 3.99. The third kappa shape index (κ3) is 2.62. The number of fused-ring (bicyclic) bond motifs is 1. The molecule has 110 valence electrons. The van der Waals surface area contributed by atoms with Gasteiger partial charge in [-0.15, -0.1) is 0 Å². The molecule has 0 unspecified atom stereocenters. The average molecular weight is 309 g/mol. The highest BCUT2D eigenvalue weighted by molar-refractivity contribution is 8.03. The summed E-state index contributed by atoms with van der Waals surface area (Å²) in [4.78, 5) is 3.96. The summed E-state index contributed by atoms with van der Waals surface area (Å²) in [7, 11) is 0. The number of thioether (sulfide) groups is 1. The van der Waals surface area contributed by atoms with Crippen molar-refractivity contribution < 1.29 is 13.2 Å². The molecule has 5 heteroatoms. The lowest BCUT2D eigenvalue weighted by Crippen LogP contribution is -2.26. The summed E-state index contributed by atoms with van der Waals surface area (Å²) in [6.07, 6.45) is 4.42. The third-order valence-electron chi connectivity index (χ3n) is 3.53. The van der Waals surface area contributed by atoms with Crippen LogP contribution in [0.1, 0.15) is 18.9 Å². The normalized spacial score (nSPS) is 17.6. The van der Waals surface area contributed by atoms with Crippen LogP contribution in [0.4, 0.5) is 18.9 Å². The summed E-state index contributed by atoms with van der Waals surface area (Å²) in [6.45, 7) is 2.61. The summed E-state index contributed by atoms with van der Waals surface area (Å²) < 4.78 is 38.8. The minimum Gasteiger partial charge on any atom is -0.343 e. The quantitative estimate of drug-likeness (QED) is 0.686. The Balaban J connectivity index is 2.10. The number of hydrogen-bond acceptors (Lipinski definition) is 2. The molecule has 0 aromatic heterocycles. The smallest absolute Gasteiger partial charge is 0.343 e. The number of alkyl halides is 3. The van der Waals surface area contributed by atoms with Crippen molar-refractivity contribution in [3.63, 3.8) is 0 Å². The van der Waals surface area contributed by atoms with E-state index in [1.807, 2.05) is 36.1 Å². The first-order valence-electron chi connectivity index (χ1n) is 6.73. The number of allylic oxidation sites excluding steroid dienone is 4. The molecule has 0 bridgehead atoms. The van der Waals surface area contributed by atoms with Crippen molar-refractivity contribution in [2.45, 2.75) is 24.4 Å². The van der Waals surface area contributed by atoms with Crippen LogP contribution in [0.2, 0.25) is 0 Å². The van der Waals surface area contributed by atoms with Gasteiger partial charge in [-0.05, 0) is 31.2 Å². The topological polar surface area (TPSA) is 3.24 Å². The molecular formula is C16H14F3NS. The summed E-state index contributed by atoms with van der Waals surface area (Å²) in [5.74, 6) is 0. The number of benzene rings is 1. The second kappa shape index (κ2) is 5.30. The highest BCUT2D eigenvalue weighted by Gasteiger charge is 2.33. The Labute approximate surface area is 125 Å². The zero-order valence-electron chi connectivity index (χ0n) is 11.4. The number of anilines is 1. The van der Waals surface area contributed by atoms with Gasteiger partial charge >= 0.3 is 6.18 Å². The molecule has 1 nitrogen and oxygen atoms in total. The van der Waals surface area contributed by atoms with Crippen molar-refractivity contribution in [2.75, 3.05) is 11.4 Å². The molecule has 3 rings (SSSR count). The molecule has 0 radical (unpaired) electrons. The fraction of sp³-hybridized carbons (Fsp3) is 0.250. The van der Waals surface area contributed by atoms with E-state index in [0.29, 0.717) is 12.2 Å². The number of rotatable bonds is 1. The molecule has 0 fully saturated rings. The Hall–Kier alpha value is -1.62. The Kier molecular flexibility index (Phi) is 3.61. The molecule has 0 amide bonds. The van der Waals surface area contributed by atoms with E-state index in [1.165, 1.54) is 17.8 Å². The molecule has 1 aromatic carbocycles. The van der Waals surface area contributed by atoms with Crippen molar-refractivity contribution in [1.82, 2.24) is 0 Å². The molecule has 0 N–H and O–H groups in total. The monoisotopic (exact) mass is 309 g/mol. The highest BCUT2D eigenvalue weighted by atomic mass is 32.2. The van der Waals surface area contributed by atoms with Crippen LogP contribution in [-0.2, 0) is 6.18 Å². The number of hydrogen-bond donors (Lipinski definition) is 0. The molecule has 0 saturated carbocycles. The van der Waals surface area contributed by atoms with Gasteiger partial charge in [0.1, 0.15) is 0 Å². The van der Waals surface area contributed by atoms with Gasteiger partial charge in [0.25, 0.3) is 0 Å². The summed E-state index contributed by atoms with van der Waals surface area (Å²) in [5.41, 5.74) is 1.13. The van der Waals surface area contributed by atoms with Crippen LogP contribution in [0.5, 0.6) is 0 Å². The predicted molar refractivity (Wildman–Crippen MR) is 80.2 cm³/mol. The Morgan fingerprint density at radius 1 is 1.24 bits per heavy atom. The van der Waals surface area contributed by atoms with Crippen LogP contribution >= 0.6 is 11.8 Å².